The lowest BCUT2D eigenvalue weighted by atomic mass is 9.83. The number of hydrogen-bond acceptors (Lipinski definition) is 9. The summed E-state index contributed by atoms with van der Waals surface area (Å²) in [5.74, 6) is -2.23. The Morgan fingerprint density at radius 3 is 2.25 bits per heavy atom. The molecule has 2 aliphatic heterocycles. The van der Waals surface area contributed by atoms with Crippen LogP contribution in [-0.2, 0) is 31.0 Å². The Balaban J connectivity index is 1.36. The van der Waals surface area contributed by atoms with Crippen LogP contribution in [0.25, 0.3) is 0 Å². The first-order chi connectivity index (χ1) is 21.0. The molecule has 6 rings (SSSR count). The third-order valence-corrected chi connectivity index (χ3v) is 11.2. The molecule has 4 aromatic rings. The standard InChI is InChI=1S/C29H23ClN4O7S3/c1-41-19-10-8-18(9-11-19)34-26(36)23-22(15-2-4-16(30)5-3-15)25-28(42-24(23)27(34)37)33(29(38)43-25)14-21(35)32-17-6-12-20(13-7-17)44(31,39)40/h2-13,22-24H,14H2,1H3,(H,32,35)(H2,31,39,40)/t22-,23-,24+/m0/s1. The maximum Gasteiger partial charge on any atom is 0.308 e. The number of benzene rings is 3. The molecule has 3 aromatic carbocycles. The lowest BCUT2D eigenvalue weighted by molar-refractivity contribution is -0.122. The molecular weight excluding hydrogens is 648 g/mol. The summed E-state index contributed by atoms with van der Waals surface area (Å²) < 4.78 is 29.6. The number of carbonyl (C=O) groups is 3. The second-order valence-corrected chi connectivity index (χ2v) is 14.2. The first kappa shape index (κ1) is 30.1. The van der Waals surface area contributed by atoms with Crippen LogP contribution in [0.3, 0.4) is 0 Å². The second-order valence-electron chi connectivity index (χ2n) is 10.0. The van der Waals surface area contributed by atoms with Crippen LogP contribution in [0, 0.1) is 5.92 Å². The van der Waals surface area contributed by atoms with E-state index in [0.29, 0.717) is 37.6 Å². The normalized spacial score (nSPS) is 19.4. The van der Waals surface area contributed by atoms with Gasteiger partial charge in [0.2, 0.25) is 27.7 Å². The van der Waals surface area contributed by atoms with Gasteiger partial charge in [-0.1, -0.05) is 46.8 Å². The average molecular weight is 671 g/mol. The summed E-state index contributed by atoms with van der Waals surface area (Å²) in [5, 5.41) is 7.85. The molecule has 3 N–H and O–H groups in total. The minimum Gasteiger partial charge on any atom is -0.497 e. The zero-order valence-corrected chi connectivity index (χ0v) is 26.0. The molecule has 2 aliphatic rings. The van der Waals surface area contributed by atoms with Gasteiger partial charge in [0.1, 0.15) is 17.5 Å². The maximum atomic E-state index is 14.0. The quantitative estimate of drug-likeness (QED) is 0.282. The topological polar surface area (TPSA) is 158 Å². The van der Waals surface area contributed by atoms with Crippen LogP contribution in [0.2, 0.25) is 5.02 Å². The number of methoxy groups -OCH3 is 1. The van der Waals surface area contributed by atoms with E-state index in [-0.39, 0.29) is 11.4 Å². The van der Waals surface area contributed by atoms with Crippen molar-refractivity contribution in [1.82, 2.24) is 4.57 Å². The summed E-state index contributed by atoms with van der Waals surface area (Å²) in [5.41, 5.74) is 1.41. The van der Waals surface area contributed by atoms with E-state index in [1.54, 1.807) is 48.5 Å². The number of rotatable bonds is 7. The number of amides is 3. The van der Waals surface area contributed by atoms with Gasteiger partial charge in [-0.05, 0) is 66.2 Å². The highest BCUT2D eigenvalue weighted by Crippen LogP contribution is 2.54. The Bertz CT molecular complexity index is 1960. The minimum absolute atomic E-state index is 0.114. The van der Waals surface area contributed by atoms with Gasteiger partial charge in [0.25, 0.3) is 0 Å². The van der Waals surface area contributed by atoms with Gasteiger partial charge in [-0.2, -0.15) is 0 Å². The first-order valence-corrected chi connectivity index (χ1v) is 16.7. The van der Waals surface area contributed by atoms with Gasteiger partial charge in [0.05, 0.1) is 28.6 Å². The molecular formula is C29H23ClN4O7S3. The number of anilines is 2. The van der Waals surface area contributed by atoms with E-state index in [0.717, 1.165) is 23.1 Å². The molecule has 0 saturated carbocycles. The Morgan fingerprint density at radius 1 is 0.977 bits per heavy atom. The summed E-state index contributed by atoms with van der Waals surface area (Å²) in [6, 6.07) is 18.8. The Labute approximate surface area is 264 Å². The minimum atomic E-state index is -3.90. The third-order valence-electron chi connectivity index (χ3n) is 7.38. The monoisotopic (exact) mass is 670 g/mol. The lowest BCUT2D eigenvalue weighted by Crippen LogP contribution is -2.33. The highest BCUT2D eigenvalue weighted by Gasteiger charge is 2.56. The fourth-order valence-electron chi connectivity index (χ4n) is 5.34. The summed E-state index contributed by atoms with van der Waals surface area (Å²) in [4.78, 5) is 55.4. The Morgan fingerprint density at radius 2 is 1.64 bits per heavy atom. The first-order valence-electron chi connectivity index (χ1n) is 13.1. The number of aromatic nitrogens is 1. The molecule has 3 amide bonds. The number of thioether (sulfide) groups is 1. The average Bonchev–Trinajstić information content (AvgIpc) is 3.43. The van der Waals surface area contributed by atoms with E-state index in [9.17, 15) is 27.6 Å². The molecule has 1 aromatic heterocycles. The predicted molar refractivity (Wildman–Crippen MR) is 167 cm³/mol. The summed E-state index contributed by atoms with van der Waals surface area (Å²) in [6.07, 6.45) is 0. The van der Waals surface area contributed by atoms with Crippen molar-refractivity contribution in [2.45, 2.75) is 27.6 Å². The number of primary sulfonamides is 1. The second kappa shape index (κ2) is 11.5. The fraction of sp³-hybridized carbons (Fsp3) is 0.172. The number of halogens is 1. The van der Waals surface area contributed by atoms with Crippen LogP contribution in [0.15, 0.2) is 87.5 Å². The van der Waals surface area contributed by atoms with Crippen molar-refractivity contribution in [3.63, 3.8) is 0 Å². The molecule has 0 radical (unpaired) electrons. The van der Waals surface area contributed by atoms with Crippen molar-refractivity contribution in [2.75, 3.05) is 17.3 Å². The van der Waals surface area contributed by atoms with Crippen LogP contribution in [0.1, 0.15) is 16.4 Å². The van der Waals surface area contributed by atoms with E-state index < -0.39 is 49.7 Å². The zero-order chi connectivity index (χ0) is 31.3. The number of imide groups is 1. The molecule has 0 unspecified atom stereocenters. The zero-order valence-electron chi connectivity index (χ0n) is 22.8. The summed E-state index contributed by atoms with van der Waals surface area (Å²) >= 11 is 8.17. The van der Waals surface area contributed by atoms with E-state index in [1.807, 2.05) is 0 Å². The van der Waals surface area contributed by atoms with Crippen LogP contribution in [-0.4, -0.2) is 43.1 Å². The molecule has 0 spiro atoms. The molecule has 0 bridgehead atoms. The summed E-state index contributed by atoms with van der Waals surface area (Å²) in [7, 11) is -2.38. The maximum absolute atomic E-state index is 14.0. The number of ether oxygens (including phenoxy) is 1. The van der Waals surface area contributed by atoms with Crippen molar-refractivity contribution >= 4 is 73.8 Å². The molecule has 1 saturated heterocycles. The van der Waals surface area contributed by atoms with Gasteiger partial charge in [-0.3, -0.25) is 23.7 Å². The summed E-state index contributed by atoms with van der Waals surface area (Å²) in [6.45, 7) is -0.371. The molecule has 3 heterocycles. The Kier molecular flexibility index (Phi) is 7.88. The number of fused-ring (bicyclic) bond motifs is 2. The highest BCUT2D eigenvalue weighted by molar-refractivity contribution is 8.00. The van der Waals surface area contributed by atoms with Gasteiger partial charge >= 0.3 is 4.87 Å². The Hall–Kier alpha value is -3.95. The fourth-order valence-corrected chi connectivity index (χ4v) is 8.76. The van der Waals surface area contributed by atoms with E-state index >= 15 is 0 Å². The predicted octanol–water partition coefficient (Wildman–Crippen LogP) is 3.65. The van der Waals surface area contributed by atoms with Gasteiger partial charge in [0, 0.05) is 21.5 Å². The van der Waals surface area contributed by atoms with Crippen LogP contribution < -0.4 is 25.0 Å². The van der Waals surface area contributed by atoms with Gasteiger partial charge in [0.15, 0.2) is 0 Å². The van der Waals surface area contributed by atoms with Crippen molar-refractivity contribution in [1.29, 1.82) is 0 Å². The van der Waals surface area contributed by atoms with Crippen molar-refractivity contribution in [2.24, 2.45) is 11.1 Å². The van der Waals surface area contributed by atoms with E-state index in [2.05, 4.69) is 5.32 Å². The number of nitrogens with zero attached hydrogens (tertiary/aromatic N) is 2. The van der Waals surface area contributed by atoms with Gasteiger partial charge in [-0.15, -0.1) is 0 Å². The molecule has 11 nitrogen and oxygen atoms in total. The third kappa shape index (κ3) is 5.43. The number of nitrogens with two attached hydrogens (primary N) is 1. The van der Waals surface area contributed by atoms with Crippen LogP contribution >= 0.6 is 34.7 Å². The molecule has 44 heavy (non-hydrogen) atoms. The number of hydrogen-bond donors (Lipinski definition) is 2. The molecule has 1 fully saturated rings. The molecule has 15 heteroatoms. The number of sulfonamides is 1. The van der Waals surface area contributed by atoms with Crippen molar-refractivity contribution in [3.8, 4) is 5.75 Å². The van der Waals surface area contributed by atoms with Crippen LogP contribution in [0.4, 0.5) is 11.4 Å². The highest BCUT2D eigenvalue weighted by atomic mass is 35.5. The number of nitrogens with one attached hydrogen (secondary N) is 1. The molecule has 3 atom stereocenters. The number of thiazole rings is 1. The molecule has 0 aliphatic carbocycles. The smallest absolute Gasteiger partial charge is 0.308 e. The SMILES string of the molecule is COc1ccc(N2C(=O)[C@H]3[C@H](c4ccc(Cl)cc4)c4sc(=O)n(CC(=O)Nc5ccc(S(N)(=O)=O)cc5)c4S[C@H]3C2=O)cc1. The largest absolute Gasteiger partial charge is 0.497 e. The van der Waals surface area contributed by atoms with E-state index in [4.69, 9.17) is 21.5 Å². The lowest BCUT2D eigenvalue weighted by Gasteiger charge is -2.30. The van der Waals surface area contributed by atoms with Crippen molar-refractivity contribution in [3.05, 3.63) is 97.9 Å². The van der Waals surface area contributed by atoms with Gasteiger partial charge in [-0.25, -0.2) is 18.5 Å². The van der Waals surface area contributed by atoms with Crippen LogP contribution in [0.5, 0.6) is 5.75 Å². The number of carbonyl (C=O) groups excluding carboxylic acids is 3. The van der Waals surface area contributed by atoms with Gasteiger partial charge < -0.3 is 10.1 Å². The van der Waals surface area contributed by atoms with E-state index in [1.165, 1.54) is 40.8 Å². The molecule has 226 valence electrons. The van der Waals surface area contributed by atoms with Crippen molar-refractivity contribution < 1.29 is 27.5 Å².